The number of nitrogens with two attached hydrogens (primary N) is 1. The van der Waals surface area contributed by atoms with Crippen molar-refractivity contribution >= 4 is 12.4 Å². The van der Waals surface area contributed by atoms with Gasteiger partial charge in [-0.15, -0.1) is 0 Å². The Kier molecular flexibility index (Phi) is 1.99. The molecule has 2 heterocycles. The summed E-state index contributed by atoms with van der Waals surface area (Å²) in [5, 5.41) is 0. The van der Waals surface area contributed by atoms with E-state index in [0.717, 1.165) is 6.29 Å². The highest BCUT2D eigenvalue weighted by atomic mass is 16.6. The smallest absolute Gasteiger partial charge is 0.405 e. The van der Waals surface area contributed by atoms with Gasteiger partial charge in [-0.05, 0) is 25.7 Å². The third-order valence-corrected chi connectivity index (χ3v) is 3.16. The van der Waals surface area contributed by atoms with Gasteiger partial charge in [-0.3, -0.25) is 0 Å². The summed E-state index contributed by atoms with van der Waals surface area (Å²) in [6.45, 7) is 0.286. The molecule has 0 aromatic rings. The summed E-state index contributed by atoms with van der Waals surface area (Å²) in [5.41, 5.74) is 3.79. The highest BCUT2D eigenvalue weighted by molar-refractivity contribution is 5.66. The second-order valence-corrected chi connectivity index (χ2v) is 4.08. The summed E-state index contributed by atoms with van der Waals surface area (Å²) in [6, 6.07) is 0. The minimum absolute atomic E-state index is 0.286. The molecule has 5 heteroatoms. The SMILES string of the molecule is NC(=O)OC12CCC(C=O)(CC1)OC2. The lowest BCUT2D eigenvalue weighted by atomic mass is 9.73. The lowest BCUT2D eigenvalue weighted by Crippen LogP contribution is -2.57. The topological polar surface area (TPSA) is 78.6 Å². The number of fused-ring (bicyclic) bond motifs is 3. The van der Waals surface area contributed by atoms with Crippen LogP contribution in [0.25, 0.3) is 0 Å². The normalized spacial score (nSPS) is 40.6. The van der Waals surface area contributed by atoms with Gasteiger partial charge < -0.3 is 20.0 Å². The van der Waals surface area contributed by atoms with Gasteiger partial charge in [0, 0.05) is 0 Å². The molecule has 0 aromatic carbocycles. The Bertz CT molecular complexity index is 251. The molecule has 14 heavy (non-hydrogen) atoms. The van der Waals surface area contributed by atoms with Crippen LogP contribution in [0.5, 0.6) is 0 Å². The number of hydrogen-bond donors (Lipinski definition) is 1. The molecule has 2 bridgehead atoms. The van der Waals surface area contributed by atoms with Crippen LogP contribution in [0.1, 0.15) is 25.7 Å². The number of carbonyl (C=O) groups excluding carboxylic acids is 2. The van der Waals surface area contributed by atoms with Crippen LogP contribution in [0.15, 0.2) is 0 Å². The number of rotatable bonds is 2. The Morgan fingerprint density at radius 2 is 2.00 bits per heavy atom. The Labute approximate surface area is 81.5 Å². The molecule has 3 aliphatic rings. The van der Waals surface area contributed by atoms with Gasteiger partial charge in [-0.1, -0.05) is 0 Å². The van der Waals surface area contributed by atoms with Crippen molar-refractivity contribution in [2.45, 2.75) is 36.9 Å². The maximum absolute atomic E-state index is 10.8. The van der Waals surface area contributed by atoms with E-state index >= 15 is 0 Å². The number of carbonyl (C=O) groups is 2. The molecule has 2 aliphatic heterocycles. The van der Waals surface area contributed by atoms with E-state index in [0.29, 0.717) is 25.7 Å². The van der Waals surface area contributed by atoms with Gasteiger partial charge in [0.1, 0.15) is 11.2 Å². The lowest BCUT2D eigenvalue weighted by molar-refractivity contribution is -0.205. The first-order valence-corrected chi connectivity index (χ1v) is 4.69. The third-order valence-electron chi connectivity index (χ3n) is 3.16. The zero-order valence-electron chi connectivity index (χ0n) is 7.82. The van der Waals surface area contributed by atoms with Gasteiger partial charge in [0.2, 0.25) is 0 Å². The zero-order valence-corrected chi connectivity index (χ0v) is 7.82. The fourth-order valence-electron chi connectivity index (χ4n) is 2.19. The van der Waals surface area contributed by atoms with E-state index in [1.165, 1.54) is 0 Å². The molecule has 0 spiro atoms. The van der Waals surface area contributed by atoms with E-state index < -0.39 is 17.3 Å². The first kappa shape index (κ1) is 9.45. The highest BCUT2D eigenvalue weighted by Gasteiger charge is 2.52. The zero-order chi connectivity index (χ0) is 10.2. The summed E-state index contributed by atoms with van der Waals surface area (Å²) in [6.07, 6.45) is 2.64. The molecule has 0 unspecified atom stereocenters. The molecular formula is C9H13NO4. The summed E-state index contributed by atoms with van der Waals surface area (Å²) >= 11 is 0. The molecule has 0 atom stereocenters. The minimum Gasteiger partial charge on any atom is -0.441 e. The molecule has 1 aliphatic carbocycles. The third kappa shape index (κ3) is 1.37. The number of ether oxygens (including phenoxy) is 2. The summed E-state index contributed by atoms with van der Waals surface area (Å²) < 4.78 is 10.5. The summed E-state index contributed by atoms with van der Waals surface area (Å²) in [7, 11) is 0. The van der Waals surface area contributed by atoms with Gasteiger partial charge in [0.05, 0.1) is 6.61 Å². The van der Waals surface area contributed by atoms with Crippen molar-refractivity contribution in [2.75, 3.05) is 6.61 Å². The van der Waals surface area contributed by atoms with Gasteiger partial charge in [-0.2, -0.15) is 0 Å². The monoisotopic (exact) mass is 199 g/mol. The van der Waals surface area contributed by atoms with Gasteiger partial charge in [0.25, 0.3) is 0 Å². The molecule has 0 aromatic heterocycles. The molecule has 78 valence electrons. The van der Waals surface area contributed by atoms with Crippen molar-refractivity contribution in [1.82, 2.24) is 0 Å². The Hall–Kier alpha value is -1.10. The highest BCUT2D eigenvalue weighted by Crippen LogP contribution is 2.44. The quantitative estimate of drug-likeness (QED) is 0.651. The summed E-state index contributed by atoms with van der Waals surface area (Å²) in [4.78, 5) is 21.5. The number of aldehydes is 1. The summed E-state index contributed by atoms with van der Waals surface area (Å²) in [5.74, 6) is 0. The largest absolute Gasteiger partial charge is 0.441 e. The maximum atomic E-state index is 10.8. The van der Waals surface area contributed by atoms with Crippen LogP contribution < -0.4 is 5.73 Å². The van der Waals surface area contributed by atoms with E-state index in [1.807, 2.05) is 0 Å². The van der Waals surface area contributed by atoms with Crippen molar-refractivity contribution in [1.29, 1.82) is 0 Å². The van der Waals surface area contributed by atoms with Crippen molar-refractivity contribution in [3.05, 3.63) is 0 Å². The number of primary amides is 1. The average Bonchev–Trinajstić information content (AvgIpc) is 2.19. The fourth-order valence-corrected chi connectivity index (χ4v) is 2.19. The van der Waals surface area contributed by atoms with Gasteiger partial charge >= 0.3 is 6.09 Å². The van der Waals surface area contributed by atoms with Crippen molar-refractivity contribution in [3.8, 4) is 0 Å². The molecular weight excluding hydrogens is 186 g/mol. The predicted octanol–water partition coefficient (Wildman–Crippen LogP) is 0.362. The fraction of sp³-hybridized carbons (Fsp3) is 0.778. The Balaban J connectivity index is 2.08. The second-order valence-electron chi connectivity index (χ2n) is 4.08. The van der Waals surface area contributed by atoms with Crippen molar-refractivity contribution in [2.24, 2.45) is 5.73 Å². The first-order chi connectivity index (χ1) is 6.60. The molecule has 2 N–H and O–H groups in total. The van der Waals surface area contributed by atoms with Crippen LogP contribution in [-0.4, -0.2) is 30.2 Å². The van der Waals surface area contributed by atoms with E-state index in [-0.39, 0.29) is 6.61 Å². The molecule has 3 fully saturated rings. The minimum atomic E-state index is -0.769. The van der Waals surface area contributed by atoms with Crippen LogP contribution in [0.4, 0.5) is 4.79 Å². The molecule has 5 nitrogen and oxygen atoms in total. The van der Waals surface area contributed by atoms with Crippen molar-refractivity contribution in [3.63, 3.8) is 0 Å². The van der Waals surface area contributed by atoms with Crippen molar-refractivity contribution < 1.29 is 19.1 Å². The molecule has 0 radical (unpaired) electrons. The van der Waals surface area contributed by atoms with E-state index in [2.05, 4.69) is 0 Å². The van der Waals surface area contributed by atoms with Crippen LogP contribution in [-0.2, 0) is 14.3 Å². The predicted molar refractivity (Wildman–Crippen MR) is 46.6 cm³/mol. The van der Waals surface area contributed by atoms with E-state index in [4.69, 9.17) is 15.2 Å². The standard InChI is InChI=1S/C9H13NO4/c10-7(12)14-9-3-1-8(5-11,2-4-9)13-6-9/h5H,1-4,6H2,(H2,10,12). The second kappa shape index (κ2) is 2.95. The maximum Gasteiger partial charge on any atom is 0.405 e. The Morgan fingerprint density at radius 3 is 2.36 bits per heavy atom. The first-order valence-electron chi connectivity index (χ1n) is 4.69. The van der Waals surface area contributed by atoms with E-state index in [9.17, 15) is 9.59 Å². The van der Waals surface area contributed by atoms with Gasteiger partial charge in [-0.25, -0.2) is 4.79 Å². The number of hydrogen-bond acceptors (Lipinski definition) is 4. The van der Waals surface area contributed by atoms with Crippen LogP contribution in [0.2, 0.25) is 0 Å². The van der Waals surface area contributed by atoms with Crippen LogP contribution in [0, 0.1) is 0 Å². The molecule has 2 saturated heterocycles. The average molecular weight is 199 g/mol. The van der Waals surface area contributed by atoms with E-state index in [1.54, 1.807) is 0 Å². The Morgan fingerprint density at radius 1 is 1.36 bits per heavy atom. The lowest BCUT2D eigenvalue weighted by Gasteiger charge is -2.49. The van der Waals surface area contributed by atoms with Crippen LogP contribution in [0.3, 0.4) is 0 Å². The molecule has 1 saturated carbocycles. The van der Waals surface area contributed by atoms with Crippen LogP contribution >= 0.6 is 0 Å². The van der Waals surface area contributed by atoms with Gasteiger partial charge in [0.15, 0.2) is 6.29 Å². The number of amides is 1. The molecule has 3 rings (SSSR count). The molecule has 1 amide bonds.